The van der Waals surface area contributed by atoms with Crippen LogP contribution in [0.1, 0.15) is 67.1 Å². The van der Waals surface area contributed by atoms with Crippen LogP contribution in [0.3, 0.4) is 0 Å². The molecule has 3 aromatic rings. The number of amides is 1. The van der Waals surface area contributed by atoms with Crippen LogP contribution in [0.2, 0.25) is 0 Å². The lowest BCUT2D eigenvalue weighted by Gasteiger charge is -2.44. The lowest BCUT2D eigenvalue weighted by Crippen LogP contribution is -2.50. The van der Waals surface area contributed by atoms with Gasteiger partial charge in [-0.25, -0.2) is 4.79 Å². The molecule has 1 amide bonds. The lowest BCUT2D eigenvalue weighted by molar-refractivity contribution is -0.127. The van der Waals surface area contributed by atoms with E-state index in [0.29, 0.717) is 67.5 Å². The number of primary amides is 1. The molecule has 43 heavy (non-hydrogen) atoms. The summed E-state index contributed by atoms with van der Waals surface area (Å²) in [7, 11) is 1.62. The predicted molar refractivity (Wildman–Crippen MR) is 163 cm³/mol. The molecule has 5 rings (SSSR count). The number of hydrogen-bond donors (Lipinski definition) is 5. The van der Waals surface area contributed by atoms with Gasteiger partial charge in [-0.15, -0.1) is 0 Å². The summed E-state index contributed by atoms with van der Waals surface area (Å²) >= 11 is 0. The molecule has 1 saturated carbocycles. The fraction of sp³-hybridized carbons (Fsp3) is 0.515. The van der Waals surface area contributed by atoms with E-state index in [9.17, 15) is 24.9 Å². The van der Waals surface area contributed by atoms with Crippen LogP contribution in [-0.4, -0.2) is 82.1 Å². The maximum absolute atomic E-state index is 13.3. The number of likely N-dealkylation sites (tertiary alicyclic amines) is 1. The number of aromatic nitrogens is 1. The highest BCUT2D eigenvalue weighted by molar-refractivity contribution is 6.05. The first-order valence-corrected chi connectivity index (χ1v) is 15.1. The third kappa shape index (κ3) is 6.37. The summed E-state index contributed by atoms with van der Waals surface area (Å²) < 4.78 is 11.5. The van der Waals surface area contributed by atoms with Gasteiger partial charge in [0.05, 0.1) is 36.4 Å². The number of aliphatic hydroxyl groups is 2. The molecule has 0 radical (unpaired) electrons. The number of methoxy groups -OCH3 is 1. The first kappa shape index (κ1) is 30.8. The van der Waals surface area contributed by atoms with Gasteiger partial charge in [0, 0.05) is 37.0 Å². The van der Waals surface area contributed by atoms with Crippen molar-refractivity contribution in [1.82, 2.24) is 9.88 Å². The molecule has 0 bridgehead atoms. The predicted octanol–water partition coefficient (Wildman–Crippen LogP) is 3.62. The second-order valence-corrected chi connectivity index (χ2v) is 12.4. The maximum atomic E-state index is 13.3. The first-order valence-electron chi connectivity index (χ1n) is 15.1. The molecule has 1 aliphatic carbocycles. The van der Waals surface area contributed by atoms with Gasteiger partial charge in [-0.3, -0.25) is 4.79 Å². The van der Waals surface area contributed by atoms with Crippen molar-refractivity contribution in [3.05, 3.63) is 59.3 Å². The molecule has 1 saturated heterocycles. The number of hydrogen-bond acceptors (Lipinski definition) is 7. The van der Waals surface area contributed by atoms with Gasteiger partial charge in [0.25, 0.3) is 0 Å². The second-order valence-electron chi connectivity index (χ2n) is 12.4. The van der Waals surface area contributed by atoms with E-state index in [4.69, 9.17) is 15.2 Å². The number of aromatic carboxylic acids is 1. The molecule has 10 nitrogen and oxygen atoms in total. The monoisotopic (exact) mass is 593 g/mol. The van der Waals surface area contributed by atoms with Crippen molar-refractivity contribution in [1.29, 1.82) is 0 Å². The highest BCUT2D eigenvalue weighted by Gasteiger charge is 2.50. The molecular weight excluding hydrogens is 550 g/mol. The van der Waals surface area contributed by atoms with Crippen LogP contribution in [0.25, 0.3) is 10.9 Å². The zero-order valence-electron chi connectivity index (χ0n) is 25.0. The number of benzene rings is 2. The molecule has 0 spiro atoms. The molecule has 2 fully saturated rings. The van der Waals surface area contributed by atoms with Crippen LogP contribution < -0.4 is 15.2 Å². The largest absolute Gasteiger partial charge is 0.497 e. The third-order valence-electron chi connectivity index (χ3n) is 9.63. The van der Waals surface area contributed by atoms with Gasteiger partial charge < -0.3 is 40.4 Å². The van der Waals surface area contributed by atoms with E-state index in [2.05, 4.69) is 9.88 Å². The number of ether oxygens (including phenoxy) is 2. The van der Waals surface area contributed by atoms with E-state index in [1.165, 1.54) is 0 Å². The van der Waals surface area contributed by atoms with Crippen molar-refractivity contribution >= 4 is 22.8 Å². The fourth-order valence-corrected chi connectivity index (χ4v) is 6.85. The molecule has 1 aromatic heterocycles. The summed E-state index contributed by atoms with van der Waals surface area (Å²) in [5.74, 6) is -0.360. The van der Waals surface area contributed by atoms with Gasteiger partial charge in [0.1, 0.15) is 17.2 Å². The molecule has 2 atom stereocenters. The number of nitrogens with zero attached hydrogens (tertiary/aromatic N) is 1. The summed E-state index contributed by atoms with van der Waals surface area (Å²) in [6.45, 7) is 4.63. The summed E-state index contributed by atoms with van der Waals surface area (Å²) in [4.78, 5) is 31.1. The standard InChI is InChI=1S/C33H43N3O7/c1-21-20-36(17-10-25(21)37)18-16-32(41)12-14-33(15-13-32,31(34)40)28-27-24(35-29(28)30(38)39)4-3-5-26(27)43-19-11-22-6-8-23(42-2)9-7-22/h3-9,21,25,35,37,41H,10-20H2,1-2H3,(H2,34,40)(H,38,39)/t21-,25-,32?,33?/m0/s1. The summed E-state index contributed by atoms with van der Waals surface area (Å²) in [6.07, 6.45) is 2.65. The molecule has 6 N–H and O–H groups in total. The minimum absolute atomic E-state index is 0.0775. The van der Waals surface area contributed by atoms with Gasteiger partial charge >= 0.3 is 5.97 Å². The van der Waals surface area contributed by atoms with Crippen LogP contribution in [0.4, 0.5) is 0 Å². The summed E-state index contributed by atoms with van der Waals surface area (Å²) in [5, 5.41) is 32.4. The summed E-state index contributed by atoms with van der Waals surface area (Å²) in [6, 6.07) is 13.0. The van der Waals surface area contributed by atoms with Crippen molar-refractivity contribution < 1.29 is 34.4 Å². The second kappa shape index (κ2) is 12.6. The number of nitrogens with one attached hydrogen (secondary N) is 1. The van der Waals surface area contributed by atoms with Gasteiger partial charge in [-0.2, -0.15) is 0 Å². The average Bonchev–Trinajstić information content (AvgIpc) is 3.40. The number of carboxylic acid groups (broad SMARTS) is 1. The average molecular weight is 594 g/mol. The third-order valence-corrected chi connectivity index (χ3v) is 9.63. The fourth-order valence-electron chi connectivity index (χ4n) is 6.85. The molecule has 1 aliphatic heterocycles. The number of rotatable bonds is 11. The molecular formula is C33H43N3O7. The normalized spacial score (nSPS) is 26.3. The molecule has 232 valence electrons. The Morgan fingerprint density at radius 2 is 1.84 bits per heavy atom. The lowest BCUT2D eigenvalue weighted by atomic mass is 9.63. The van der Waals surface area contributed by atoms with Gasteiger partial charge in [0.15, 0.2) is 0 Å². The minimum atomic E-state index is -1.28. The van der Waals surface area contributed by atoms with Crippen LogP contribution in [-0.2, 0) is 16.6 Å². The van der Waals surface area contributed by atoms with E-state index in [1.54, 1.807) is 25.3 Å². The Hall–Kier alpha value is -3.60. The van der Waals surface area contributed by atoms with E-state index in [1.807, 2.05) is 31.2 Å². The SMILES string of the molecule is COc1ccc(CCOc2cccc3[nH]c(C(=O)O)c(C4(C(N)=O)CCC(O)(CCN5CC[C@H](O)[C@@H](C)C5)CC4)c23)cc1. The zero-order valence-corrected chi connectivity index (χ0v) is 25.0. The Labute approximate surface area is 251 Å². The van der Waals surface area contributed by atoms with Gasteiger partial charge in [-0.1, -0.05) is 25.1 Å². The van der Waals surface area contributed by atoms with E-state index < -0.39 is 22.9 Å². The molecule has 2 aromatic carbocycles. The Morgan fingerprint density at radius 3 is 2.47 bits per heavy atom. The maximum Gasteiger partial charge on any atom is 0.352 e. The van der Waals surface area contributed by atoms with Gasteiger partial charge in [-0.05, 0) is 74.3 Å². The van der Waals surface area contributed by atoms with E-state index in [-0.39, 0.29) is 30.6 Å². The number of carbonyl (C=O) groups excluding carboxylic acids is 1. The van der Waals surface area contributed by atoms with Crippen molar-refractivity contribution in [2.75, 3.05) is 33.4 Å². The number of nitrogens with two attached hydrogens (primary N) is 1. The number of piperidine rings is 1. The topological polar surface area (TPSA) is 158 Å². The van der Waals surface area contributed by atoms with Crippen molar-refractivity contribution in [3.63, 3.8) is 0 Å². The Balaban J connectivity index is 1.38. The highest BCUT2D eigenvalue weighted by Crippen LogP contribution is 2.49. The van der Waals surface area contributed by atoms with Crippen LogP contribution >= 0.6 is 0 Å². The highest BCUT2D eigenvalue weighted by atomic mass is 16.5. The van der Waals surface area contributed by atoms with Gasteiger partial charge in [0.2, 0.25) is 5.91 Å². The first-order chi connectivity index (χ1) is 20.5. The van der Waals surface area contributed by atoms with E-state index >= 15 is 0 Å². The van der Waals surface area contributed by atoms with Crippen LogP contribution in [0.5, 0.6) is 11.5 Å². The number of carboxylic acids is 1. The van der Waals surface area contributed by atoms with Crippen LogP contribution in [0.15, 0.2) is 42.5 Å². The van der Waals surface area contributed by atoms with E-state index in [0.717, 1.165) is 24.4 Å². The molecule has 2 heterocycles. The molecule has 10 heteroatoms. The van der Waals surface area contributed by atoms with Crippen molar-refractivity contribution in [2.45, 2.75) is 69.0 Å². The number of H-pyrrole nitrogens is 1. The number of aromatic amines is 1. The smallest absolute Gasteiger partial charge is 0.352 e. The molecule has 2 aliphatic rings. The van der Waals surface area contributed by atoms with Crippen molar-refractivity contribution in [3.8, 4) is 11.5 Å². The Kier molecular flexibility index (Phi) is 9.01. The summed E-state index contributed by atoms with van der Waals surface area (Å²) in [5.41, 5.74) is 5.70. The van der Waals surface area contributed by atoms with Crippen molar-refractivity contribution in [2.24, 2.45) is 11.7 Å². The Bertz CT molecular complexity index is 1440. The Morgan fingerprint density at radius 1 is 1.12 bits per heavy atom. The zero-order chi connectivity index (χ0) is 30.8. The molecule has 0 unspecified atom stereocenters. The number of carbonyl (C=O) groups is 2. The van der Waals surface area contributed by atoms with Crippen LogP contribution in [0, 0.1) is 5.92 Å². The minimum Gasteiger partial charge on any atom is -0.497 e. The number of fused-ring (bicyclic) bond motifs is 1. The number of aliphatic hydroxyl groups excluding tert-OH is 1. The quantitative estimate of drug-likeness (QED) is 0.226.